The smallest absolute Gasteiger partial charge is 0.411 e. The molecule has 2 heterocycles. The quantitative estimate of drug-likeness (QED) is 0.135. The van der Waals surface area contributed by atoms with E-state index in [1.54, 1.807) is 23.2 Å². The van der Waals surface area contributed by atoms with E-state index in [4.69, 9.17) is 14.2 Å². The van der Waals surface area contributed by atoms with Gasteiger partial charge in [-0.1, -0.05) is 46.3 Å². The number of hydrogen-bond donors (Lipinski definition) is 0. The topological polar surface area (TPSA) is 86.8 Å². The number of carbonyl (C=O) groups is 3. The van der Waals surface area contributed by atoms with Gasteiger partial charge in [-0.05, 0) is 38.5 Å². The van der Waals surface area contributed by atoms with Gasteiger partial charge in [-0.3, -0.25) is 9.69 Å². The Bertz CT molecular complexity index is 1260. The third-order valence-corrected chi connectivity index (χ3v) is 6.65. The minimum atomic E-state index is -0.609. The summed E-state index contributed by atoms with van der Waals surface area (Å²) in [5, 5.41) is 0.596. The zero-order valence-corrected chi connectivity index (χ0v) is 21.6. The molecule has 2 atom stereocenters. The van der Waals surface area contributed by atoms with Gasteiger partial charge in [0.2, 0.25) is 0 Å². The number of ether oxygens (including phenoxy) is 3. The van der Waals surface area contributed by atoms with Gasteiger partial charge in [0.1, 0.15) is 22.9 Å². The fraction of sp³-hybridized carbons (Fsp3) is 0.346. The van der Waals surface area contributed by atoms with Crippen LogP contribution in [0.1, 0.15) is 47.1 Å². The van der Waals surface area contributed by atoms with Crippen LogP contribution >= 0.6 is 15.9 Å². The van der Waals surface area contributed by atoms with Gasteiger partial charge in [-0.15, -0.1) is 0 Å². The van der Waals surface area contributed by atoms with Gasteiger partial charge in [-0.2, -0.15) is 0 Å². The van der Waals surface area contributed by atoms with Crippen LogP contribution in [-0.4, -0.2) is 51.5 Å². The number of aldehydes is 1. The van der Waals surface area contributed by atoms with Gasteiger partial charge in [0.25, 0.3) is 0 Å². The third-order valence-electron chi connectivity index (χ3n) is 5.60. The van der Waals surface area contributed by atoms with E-state index in [0.29, 0.717) is 34.3 Å². The molecule has 1 aromatic heterocycles. The average Bonchev–Trinajstić information content (AvgIpc) is 3.32. The van der Waals surface area contributed by atoms with Crippen molar-refractivity contribution in [2.45, 2.75) is 50.5 Å². The summed E-state index contributed by atoms with van der Waals surface area (Å²) >= 11 is 3.53. The molecule has 1 aliphatic heterocycles. The number of alkyl halides is 1. The van der Waals surface area contributed by atoms with Crippen molar-refractivity contribution in [1.82, 2.24) is 9.47 Å². The Morgan fingerprint density at radius 1 is 1.14 bits per heavy atom. The van der Waals surface area contributed by atoms with Crippen LogP contribution < -0.4 is 4.74 Å². The number of nitrogens with zero attached hydrogens (tertiary/aromatic N) is 2. The fourth-order valence-corrected chi connectivity index (χ4v) is 4.68. The maximum atomic E-state index is 12.5. The number of carbonyl (C=O) groups excluding carboxylic acids is 3. The van der Waals surface area contributed by atoms with Crippen molar-refractivity contribution in [2.24, 2.45) is 0 Å². The number of methoxy groups -OCH3 is 1. The van der Waals surface area contributed by atoms with Gasteiger partial charge in [0.15, 0.2) is 6.29 Å². The summed E-state index contributed by atoms with van der Waals surface area (Å²) in [6.45, 7) is 6.10. The first kappa shape index (κ1) is 24.8. The number of esters is 1. The van der Waals surface area contributed by atoms with Gasteiger partial charge >= 0.3 is 12.1 Å². The SMILES string of the molecule is COC(=O)c1cc(OCc2ccccc2)c2c(C=O)cn(C[C@H]3[C@H](Br)N3C(=O)OC(C)(C)C)c2c1. The third kappa shape index (κ3) is 5.35. The van der Waals surface area contributed by atoms with Crippen molar-refractivity contribution in [3.05, 3.63) is 65.4 Å². The molecule has 0 bridgehead atoms. The lowest BCUT2D eigenvalue weighted by Gasteiger charge is -2.20. The fourth-order valence-electron chi connectivity index (χ4n) is 3.92. The molecule has 1 saturated heterocycles. The molecule has 1 aliphatic rings. The molecule has 3 aromatic rings. The highest BCUT2D eigenvalue weighted by Gasteiger charge is 2.51. The second-order valence-corrected chi connectivity index (χ2v) is 10.3. The van der Waals surface area contributed by atoms with E-state index in [1.807, 2.05) is 55.7 Å². The zero-order chi connectivity index (χ0) is 25.3. The lowest BCUT2D eigenvalue weighted by molar-refractivity contribution is 0.0401. The normalized spacial score (nSPS) is 17.2. The minimum Gasteiger partial charge on any atom is -0.488 e. The number of benzene rings is 2. The van der Waals surface area contributed by atoms with E-state index in [1.165, 1.54) is 7.11 Å². The summed E-state index contributed by atoms with van der Waals surface area (Å²) < 4.78 is 18.3. The number of amides is 1. The van der Waals surface area contributed by atoms with Crippen LogP contribution in [0.4, 0.5) is 4.79 Å². The lowest BCUT2D eigenvalue weighted by atomic mass is 10.1. The van der Waals surface area contributed by atoms with Gasteiger partial charge in [0, 0.05) is 18.3 Å². The van der Waals surface area contributed by atoms with E-state index in [9.17, 15) is 14.4 Å². The summed E-state index contributed by atoms with van der Waals surface area (Å²) in [4.78, 5) is 38.3. The number of aromatic nitrogens is 1. The van der Waals surface area contributed by atoms with Gasteiger partial charge in [0.05, 0.1) is 29.6 Å². The number of hydrogen-bond acceptors (Lipinski definition) is 6. The van der Waals surface area contributed by atoms with Crippen LogP contribution in [0.25, 0.3) is 10.9 Å². The Labute approximate surface area is 211 Å². The summed E-state index contributed by atoms with van der Waals surface area (Å²) in [6.07, 6.45) is 2.05. The van der Waals surface area contributed by atoms with Crippen LogP contribution in [0.3, 0.4) is 0 Å². The van der Waals surface area contributed by atoms with Crippen molar-refractivity contribution >= 4 is 45.2 Å². The molecular weight excluding hydrogens is 516 g/mol. The predicted octanol–water partition coefficient (Wildman–Crippen LogP) is 5.16. The molecule has 9 heteroatoms. The Kier molecular flexibility index (Phi) is 6.89. The molecule has 35 heavy (non-hydrogen) atoms. The maximum Gasteiger partial charge on any atom is 0.411 e. The molecule has 0 radical (unpaired) electrons. The second-order valence-electron chi connectivity index (χ2n) is 9.32. The highest BCUT2D eigenvalue weighted by molar-refractivity contribution is 9.09. The van der Waals surface area contributed by atoms with E-state index >= 15 is 0 Å². The van der Waals surface area contributed by atoms with Crippen molar-refractivity contribution < 1.29 is 28.6 Å². The molecule has 0 saturated carbocycles. The van der Waals surface area contributed by atoms with Crippen LogP contribution in [0.15, 0.2) is 48.7 Å². The first-order valence-corrected chi connectivity index (χ1v) is 12.1. The number of rotatable bonds is 7. The van der Waals surface area contributed by atoms with E-state index in [2.05, 4.69) is 15.9 Å². The molecule has 8 nitrogen and oxygen atoms in total. The summed E-state index contributed by atoms with van der Waals surface area (Å²) in [7, 11) is 1.31. The summed E-state index contributed by atoms with van der Waals surface area (Å²) in [5.74, 6) is -0.111. The molecule has 0 spiro atoms. The molecular formula is C26H27BrN2O6. The first-order valence-electron chi connectivity index (χ1n) is 11.2. The Balaban J connectivity index is 1.69. The van der Waals surface area contributed by atoms with E-state index < -0.39 is 17.7 Å². The Morgan fingerprint density at radius 3 is 2.49 bits per heavy atom. The summed E-state index contributed by atoms with van der Waals surface area (Å²) in [5.41, 5.74) is 1.70. The number of halogens is 1. The standard InChI is InChI=1S/C26H27BrN2O6/c1-26(2,3)35-25(32)29-20(23(29)27)13-28-12-18(14-30)22-19(28)10-17(24(31)33-4)11-21(22)34-15-16-8-6-5-7-9-16/h5-12,14,20,23H,13,15H2,1-4H3/t20-,23+,29?/m0/s1. The highest BCUT2D eigenvalue weighted by Crippen LogP contribution is 2.39. The second kappa shape index (κ2) is 9.73. The molecule has 4 rings (SSSR count). The Morgan fingerprint density at radius 2 is 1.86 bits per heavy atom. The lowest BCUT2D eigenvalue weighted by Crippen LogP contribution is -2.28. The van der Waals surface area contributed by atoms with E-state index in [-0.39, 0.29) is 17.6 Å². The largest absolute Gasteiger partial charge is 0.488 e. The van der Waals surface area contributed by atoms with Crippen LogP contribution in [0, 0.1) is 0 Å². The zero-order valence-electron chi connectivity index (χ0n) is 20.0. The van der Waals surface area contributed by atoms with Gasteiger partial charge < -0.3 is 18.8 Å². The number of fused-ring (bicyclic) bond motifs is 1. The van der Waals surface area contributed by atoms with Crippen molar-refractivity contribution in [3.63, 3.8) is 0 Å². The van der Waals surface area contributed by atoms with Crippen LogP contribution in [0.2, 0.25) is 0 Å². The molecule has 0 unspecified atom stereocenters. The minimum absolute atomic E-state index is 0.185. The molecule has 2 aromatic carbocycles. The maximum absolute atomic E-state index is 12.5. The summed E-state index contributed by atoms with van der Waals surface area (Å²) in [6, 6.07) is 12.7. The van der Waals surface area contributed by atoms with E-state index in [0.717, 1.165) is 11.8 Å². The Hall–Kier alpha value is -3.33. The van der Waals surface area contributed by atoms with Crippen LogP contribution in [0.5, 0.6) is 5.75 Å². The highest BCUT2D eigenvalue weighted by atomic mass is 79.9. The monoisotopic (exact) mass is 542 g/mol. The van der Waals surface area contributed by atoms with Crippen LogP contribution in [-0.2, 0) is 22.6 Å². The molecule has 1 fully saturated rings. The van der Waals surface area contributed by atoms with Crippen molar-refractivity contribution in [2.75, 3.05) is 7.11 Å². The molecule has 184 valence electrons. The predicted molar refractivity (Wildman–Crippen MR) is 134 cm³/mol. The molecule has 1 amide bonds. The van der Waals surface area contributed by atoms with Crippen molar-refractivity contribution in [3.8, 4) is 5.75 Å². The average molecular weight is 543 g/mol. The molecule has 0 aliphatic carbocycles. The molecule has 0 N–H and O–H groups in total. The van der Waals surface area contributed by atoms with Crippen molar-refractivity contribution in [1.29, 1.82) is 0 Å². The first-order chi connectivity index (χ1) is 16.6. The van der Waals surface area contributed by atoms with Gasteiger partial charge in [-0.25, -0.2) is 9.59 Å².